The van der Waals surface area contributed by atoms with Gasteiger partial charge in [0.05, 0.1) is 7.11 Å². The molecule has 2 aliphatic rings. The van der Waals surface area contributed by atoms with Crippen LogP contribution in [0.15, 0.2) is 12.2 Å². The molecule has 82 valence electrons. The molecule has 1 N–H and O–H groups in total. The van der Waals surface area contributed by atoms with E-state index in [1.54, 1.807) is 0 Å². The molecule has 0 spiro atoms. The van der Waals surface area contributed by atoms with E-state index in [-0.39, 0.29) is 17.8 Å². The summed E-state index contributed by atoms with van der Waals surface area (Å²) in [5.41, 5.74) is -0.806. The van der Waals surface area contributed by atoms with Crippen LogP contribution in [0.2, 0.25) is 0 Å². The second-order valence-corrected chi connectivity index (χ2v) is 4.34. The van der Waals surface area contributed by atoms with E-state index < -0.39 is 5.54 Å². The minimum atomic E-state index is -0.806. The van der Waals surface area contributed by atoms with Crippen LogP contribution in [-0.2, 0) is 14.3 Å². The summed E-state index contributed by atoms with van der Waals surface area (Å²) in [7, 11) is 1.36. The van der Waals surface area contributed by atoms with Gasteiger partial charge < -0.3 is 10.1 Å². The lowest BCUT2D eigenvalue weighted by Crippen LogP contribution is -2.57. The van der Waals surface area contributed by atoms with E-state index in [4.69, 9.17) is 4.74 Å². The zero-order valence-corrected chi connectivity index (χ0v) is 8.95. The number of ether oxygens (including phenoxy) is 1. The first-order valence-corrected chi connectivity index (χ1v) is 5.14. The normalized spacial score (nSPS) is 36.7. The van der Waals surface area contributed by atoms with Gasteiger partial charge in [0.1, 0.15) is 5.54 Å². The number of methoxy groups -OCH3 is 1. The van der Waals surface area contributed by atoms with Crippen molar-refractivity contribution in [2.75, 3.05) is 7.11 Å². The zero-order chi connectivity index (χ0) is 11.1. The average Bonchev–Trinajstić information content (AvgIpc) is 2.75. The van der Waals surface area contributed by atoms with E-state index in [9.17, 15) is 9.59 Å². The Bertz CT molecular complexity index is 337. The van der Waals surface area contributed by atoms with Crippen LogP contribution in [0.5, 0.6) is 0 Å². The van der Waals surface area contributed by atoms with E-state index in [1.807, 2.05) is 6.08 Å². The molecule has 0 heterocycles. The Morgan fingerprint density at radius 1 is 1.47 bits per heavy atom. The summed E-state index contributed by atoms with van der Waals surface area (Å²) in [5, 5.41) is 2.77. The van der Waals surface area contributed by atoms with Crippen molar-refractivity contribution < 1.29 is 14.3 Å². The Labute approximate surface area is 88.7 Å². The van der Waals surface area contributed by atoms with Crippen LogP contribution in [0.3, 0.4) is 0 Å². The number of carbonyl (C=O) groups excluding carboxylic acids is 2. The fourth-order valence-electron chi connectivity index (χ4n) is 2.78. The molecule has 4 nitrogen and oxygen atoms in total. The third kappa shape index (κ3) is 1.44. The number of rotatable bonds is 2. The minimum Gasteiger partial charge on any atom is -0.467 e. The minimum absolute atomic E-state index is 0.0962. The maximum Gasteiger partial charge on any atom is 0.332 e. The summed E-state index contributed by atoms with van der Waals surface area (Å²) < 4.78 is 4.80. The molecule has 0 aromatic heterocycles. The summed E-state index contributed by atoms with van der Waals surface area (Å²) in [6.07, 6.45) is 5.74. The number of allylic oxidation sites excluding steroid dienone is 1. The number of amides is 1. The zero-order valence-electron chi connectivity index (χ0n) is 8.95. The first-order valence-electron chi connectivity index (χ1n) is 5.14. The summed E-state index contributed by atoms with van der Waals surface area (Å²) >= 11 is 0. The molecule has 3 atom stereocenters. The first kappa shape index (κ1) is 10.2. The largest absolute Gasteiger partial charge is 0.467 e. The number of carbonyl (C=O) groups is 2. The Morgan fingerprint density at radius 2 is 2.20 bits per heavy atom. The Hall–Kier alpha value is -1.32. The topological polar surface area (TPSA) is 55.4 Å². The molecule has 0 aromatic carbocycles. The van der Waals surface area contributed by atoms with Crippen molar-refractivity contribution in [3.63, 3.8) is 0 Å². The fourth-order valence-corrected chi connectivity index (χ4v) is 2.78. The van der Waals surface area contributed by atoms with Crippen LogP contribution in [0.1, 0.15) is 19.8 Å². The third-order valence-electron chi connectivity index (χ3n) is 3.34. The lowest BCUT2D eigenvalue weighted by Gasteiger charge is -2.33. The number of hydrogen-bond donors (Lipinski definition) is 1. The molecule has 15 heavy (non-hydrogen) atoms. The highest BCUT2D eigenvalue weighted by molar-refractivity contribution is 5.88. The third-order valence-corrected chi connectivity index (χ3v) is 3.34. The number of esters is 1. The van der Waals surface area contributed by atoms with Crippen LogP contribution in [-0.4, -0.2) is 24.5 Å². The molecule has 2 aliphatic carbocycles. The highest BCUT2D eigenvalue weighted by atomic mass is 16.5. The van der Waals surface area contributed by atoms with E-state index in [0.29, 0.717) is 12.3 Å². The Kier molecular flexibility index (Phi) is 2.29. The van der Waals surface area contributed by atoms with Crippen LogP contribution < -0.4 is 5.32 Å². The standard InChI is InChI=1S/C11H15NO3/c1-7(13)12-11(10(14)15-2)6-8-3-4-9(11)5-8/h3-4,8-9H,5-6H2,1-2H3,(H,12,13)/t8-,9+,11-/m1/s1. The highest BCUT2D eigenvalue weighted by Crippen LogP contribution is 2.46. The van der Waals surface area contributed by atoms with Gasteiger partial charge in [-0.15, -0.1) is 0 Å². The highest BCUT2D eigenvalue weighted by Gasteiger charge is 2.55. The van der Waals surface area contributed by atoms with Crippen LogP contribution in [0.25, 0.3) is 0 Å². The van der Waals surface area contributed by atoms with E-state index >= 15 is 0 Å². The van der Waals surface area contributed by atoms with Gasteiger partial charge >= 0.3 is 5.97 Å². The van der Waals surface area contributed by atoms with Crippen molar-refractivity contribution in [2.24, 2.45) is 11.8 Å². The van der Waals surface area contributed by atoms with Gasteiger partial charge in [-0.05, 0) is 18.8 Å². The predicted octanol–water partition coefficient (Wildman–Crippen LogP) is 0.630. The van der Waals surface area contributed by atoms with Crippen LogP contribution in [0.4, 0.5) is 0 Å². The summed E-state index contributed by atoms with van der Waals surface area (Å²) in [4.78, 5) is 22.9. The first-order chi connectivity index (χ1) is 7.08. The van der Waals surface area contributed by atoms with Gasteiger partial charge in [0.2, 0.25) is 5.91 Å². The van der Waals surface area contributed by atoms with Crippen molar-refractivity contribution in [2.45, 2.75) is 25.3 Å². The molecular formula is C11H15NO3. The maximum absolute atomic E-state index is 11.8. The van der Waals surface area contributed by atoms with E-state index in [1.165, 1.54) is 14.0 Å². The van der Waals surface area contributed by atoms with Gasteiger partial charge in [0.15, 0.2) is 0 Å². The average molecular weight is 209 g/mol. The maximum atomic E-state index is 11.8. The Balaban J connectivity index is 2.28. The van der Waals surface area contributed by atoms with Crippen LogP contribution >= 0.6 is 0 Å². The molecule has 0 radical (unpaired) electrons. The number of hydrogen-bond acceptors (Lipinski definition) is 3. The second-order valence-electron chi connectivity index (χ2n) is 4.34. The van der Waals surface area contributed by atoms with E-state index in [0.717, 1.165) is 6.42 Å². The molecule has 4 heteroatoms. The van der Waals surface area contributed by atoms with Crippen molar-refractivity contribution in [1.82, 2.24) is 5.32 Å². The number of nitrogens with one attached hydrogen (secondary N) is 1. The van der Waals surface area contributed by atoms with Gasteiger partial charge in [0, 0.05) is 12.8 Å². The summed E-state index contributed by atoms with van der Waals surface area (Å²) in [6.45, 7) is 1.43. The molecule has 2 bridgehead atoms. The van der Waals surface area contributed by atoms with Gasteiger partial charge in [-0.2, -0.15) is 0 Å². The van der Waals surface area contributed by atoms with Crippen molar-refractivity contribution in [3.8, 4) is 0 Å². The van der Waals surface area contributed by atoms with Gasteiger partial charge in [-0.1, -0.05) is 12.2 Å². The predicted molar refractivity (Wildman–Crippen MR) is 53.9 cm³/mol. The molecule has 0 unspecified atom stereocenters. The molecule has 2 rings (SSSR count). The lowest BCUT2D eigenvalue weighted by atomic mass is 9.84. The van der Waals surface area contributed by atoms with Crippen LogP contribution in [0, 0.1) is 11.8 Å². The van der Waals surface area contributed by atoms with E-state index in [2.05, 4.69) is 11.4 Å². The number of fused-ring (bicyclic) bond motifs is 2. The molecule has 1 amide bonds. The van der Waals surface area contributed by atoms with Crippen molar-refractivity contribution in [1.29, 1.82) is 0 Å². The molecule has 1 saturated carbocycles. The van der Waals surface area contributed by atoms with Crippen molar-refractivity contribution >= 4 is 11.9 Å². The SMILES string of the molecule is COC(=O)[C@@]1(NC(C)=O)C[C@@H]2C=C[C@H]1C2. The summed E-state index contributed by atoms with van der Waals surface area (Å²) in [5.74, 6) is -0.00398. The van der Waals surface area contributed by atoms with Gasteiger partial charge in [-0.25, -0.2) is 4.79 Å². The summed E-state index contributed by atoms with van der Waals surface area (Å²) in [6, 6.07) is 0. The molecular weight excluding hydrogens is 194 g/mol. The molecule has 0 aliphatic heterocycles. The Morgan fingerprint density at radius 3 is 2.60 bits per heavy atom. The smallest absolute Gasteiger partial charge is 0.332 e. The van der Waals surface area contributed by atoms with Gasteiger partial charge in [0.25, 0.3) is 0 Å². The molecule has 0 aromatic rings. The second kappa shape index (κ2) is 3.36. The fraction of sp³-hybridized carbons (Fsp3) is 0.636. The molecule has 1 fully saturated rings. The quantitative estimate of drug-likeness (QED) is 0.536. The van der Waals surface area contributed by atoms with Gasteiger partial charge in [-0.3, -0.25) is 4.79 Å². The monoisotopic (exact) mass is 209 g/mol. The van der Waals surface area contributed by atoms with Crippen molar-refractivity contribution in [3.05, 3.63) is 12.2 Å². The lowest BCUT2D eigenvalue weighted by molar-refractivity contribution is -0.152. The molecule has 0 saturated heterocycles.